The van der Waals surface area contributed by atoms with Gasteiger partial charge in [0, 0.05) is 13.1 Å². The number of anilines is 1. The number of aromatic hydroxyl groups is 1. The number of phenols is 1. The van der Waals surface area contributed by atoms with Crippen LogP contribution in [-0.4, -0.2) is 100 Å². The van der Waals surface area contributed by atoms with Crippen molar-refractivity contribution in [2.75, 3.05) is 31.6 Å². The summed E-state index contributed by atoms with van der Waals surface area (Å²) < 4.78 is 46.8. The Morgan fingerprint density at radius 1 is 1.04 bits per heavy atom. The number of rotatable bonds is 8. The molecular weight excluding hydrogens is 691 g/mol. The molecule has 0 unspecified atom stereocenters. The van der Waals surface area contributed by atoms with E-state index in [9.17, 15) is 33.6 Å². The Hall–Kier alpha value is -3.37. The fourth-order valence-corrected chi connectivity index (χ4v) is 10.7. The fourth-order valence-electron chi connectivity index (χ4n) is 10.7. The molecule has 288 valence electrons. The predicted molar refractivity (Wildman–Crippen MR) is 187 cm³/mol. The summed E-state index contributed by atoms with van der Waals surface area (Å²) in [4.78, 5) is 9.55. The zero-order valence-corrected chi connectivity index (χ0v) is 30.0. The Morgan fingerprint density at radius 3 is 2.64 bits per heavy atom. The normalized spacial score (nSPS) is 35.0. The molecule has 2 saturated heterocycles. The topological polar surface area (TPSA) is 162 Å². The van der Waals surface area contributed by atoms with Crippen LogP contribution in [0, 0.1) is 17.3 Å². The quantitative estimate of drug-likeness (QED) is 0.216. The van der Waals surface area contributed by atoms with Gasteiger partial charge < -0.3 is 35.4 Å². The van der Waals surface area contributed by atoms with Crippen LogP contribution in [0.4, 0.5) is 19.0 Å². The first-order chi connectivity index (χ1) is 25.3. The lowest BCUT2D eigenvalue weighted by Gasteiger charge is -2.53. The number of halogens is 3. The summed E-state index contributed by atoms with van der Waals surface area (Å²) in [7, 11) is 0. The zero-order valence-electron chi connectivity index (χ0n) is 30.0. The van der Waals surface area contributed by atoms with Gasteiger partial charge in [0.25, 0.3) is 0 Å². The van der Waals surface area contributed by atoms with E-state index in [4.69, 9.17) is 4.74 Å². The second kappa shape index (κ2) is 14.0. The average molecular weight is 742 g/mol. The van der Waals surface area contributed by atoms with Crippen LogP contribution >= 0.6 is 0 Å². The first-order valence-electron chi connectivity index (χ1n) is 19.1. The van der Waals surface area contributed by atoms with Crippen molar-refractivity contribution in [2.45, 2.75) is 119 Å². The van der Waals surface area contributed by atoms with E-state index >= 15 is 0 Å². The Labute approximate surface area is 306 Å². The van der Waals surface area contributed by atoms with Crippen LogP contribution in [0.2, 0.25) is 0 Å². The summed E-state index contributed by atoms with van der Waals surface area (Å²) in [5.41, 5.74) is 1.21. The number of ether oxygens (including phenoxy) is 1. The number of nitrogens with one attached hydrogen (secondary N) is 1. The van der Waals surface area contributed by atoms with Gasteiger partial charge in [-0.05, 0) is 117 Å². The number of fused-ring (bicyclic) bond motifs is 5. The monoisotopic (exact) mass is 741 g/mol. The van der Waals surface area contributed by atoms with Gasteiger partial charge >= 0.3 is 6.18 Å². The van der Waals surface area contributed by atoms with E-state index < -0.39 is 41.8 Å². The molecule has 2 saturated carbocycles. The average Bonchev–Trinajstić information content (AvgIpc) is 3.73. The summed E-state index contributed by atoms with van der Waals surface area (Å²) in [6.45, 7) is 4.97. The third kappa shape index (κ3) is 6.81. The molecule has 0 bridgehead atoms. The summed E-state index contributed by atoms with van der Waals surface area (Å²) in [5.74, 6) is 1.81. The third-order valence-corrected chi connectivity index (χ3v) is 13.6. The minimum atomic E-state index is -4.67. The van der Waals surface area contributed by atoms with Gasteiger partial charge in [0.15, 0.2) is 5.69 Å². The standard InChI is InChI=1S/C38H50F3N7O5/c1-36-12-7-26-25-6-4-24(49)17-22(25)3-5-27(26)28(36)8-13-37(36,52)11-2-14-47-15-9-23(10-16-47)48-20-29(45-46-48)35-34(51)33(50)30(21-53-35)43-32-19-42-18-31(44-32)38(39,40)41/h4,6,17-20,23,26-28,30,33-35,49-52H,2-3,5,7-16,21H2,1H3,(H,43,44)/t26-,27-,28+,30+,33-,34-,35-,36+,37+/m1/s1. The second-order valence-corrected chi connectivity index (χ2v) is 16.4. The number of aryl methyl sites for hydroxylation is 1. The SMILES string of the molecule is C[C@]12CC[C@@H]3c4ccc(O)cc4CC[C@H]3[C@@H]1CC[C@@]2(O)CCCN1CCC(n2cc([C@H]3OC[C@H](Nc4cncc(C(F)(F)F)n4)[C@@H](O)[C@H]3O)nn2)CC1. The highest BCUT2D eigenvalue weighted by molar-refractivity contribution is 5.40. The molecule has 5 aliphatic rings. The van der Waals surface area contributed by atoms with Crippen molar-refractivity contribution < 1.29 is 38.3 Å². The molecule has 0 radical (unpaired) electrons. The minimum Gasteiger partial charge on any atom is -0.508 e. The maximum atomic E-state index is 13.1. The summed E-state index contributed by atoms with van der Waals surface area (Å²) in [5, 5.41) is 55.2. The third-order valence-electron chi connectivity index (χ3n) is 13.6. The predicted octanol–water partition coefficient (Wildman–Crippen LogP) is 4.77. The Balaban J connectivity index is 0.807. The van der Waals surface area contributed by atoms with Crippen LogP contribution in [-0.2, 0) is 17.3 Å². The Kier molecular flexibility index (Phi) is 9.70. The number of aliphatic hydroxyl groups is 3. The van der Waals surface area contributed by atoms with Gasteiger partial charge in [0.05, 0.1) is 42.9 Å². The number of likely N-dealkylation sites (tertiary alicyclic amines) is 1. The number of nitrogens with zero attached hydrogens (tertiary/aromatic N) is 6. The van der Waals surface area contributed by atoms with Crippen LogP contribution in [0.5, 0.6) is 5.75 Å². The van der Waals surface area contributed by atoms with Gasteiger partial charge in [0.2, 0.25) is 0 Å². The molecule has 2 aliphatic heterocycles. The van der Waals surface area contributed by atoms with Crippen molar-refractivity contribution in [3.05, 3.63) is 59.3 Å². The highest BCUT2D eigenvalue weighted by atomic mass is 19.4. The molecule has 3 aromatic rings. The number of benzene rings is 1. The maximum Gasteiger partial charge on any atom is 0.434 e. The van der Waals surface area contributed by atoms with Gasteiger partial charge in [-0.3, -0.25) is 4.98 Å². The molecule has 2 aromatic heterocycles. The van der Waals surface area contributed by atoms with E-state index in [0.29, 0.717) is 35.4 Å². The summed E-state index contributed by atoms with van der Waals surface area (Å²) >= 11 is 0. The van der Waals surface area contributed by atoms with Gasteiger partial charge in [-0.25, -0.2) is 9.67 Å². The maximum absolute atomic E-state index is 13.1. The van der Waals surface area contributed by atoms with Crippen LogP contribution in [0.15, 0.2) is 36.8 Å². The number of aliphatic hydroxyl groups excluding tert-OH is 2. The molecule has 4 heterocycles. The molecule has 5 N–H and O–H groups in total. The van der Waals surface area contributed by atoms with Crippen LogP contribution in [0.1, 0.15) is 105 Å². The van der Waals surface area contributed by atoms with E-state index in [2.05, 4.69) is 43.5 Å². The van der Waals surface area contributed by atoms with Crippen molar-refractivity contribution >= 4 is 5.82 Å². The van der Waals surface area contributed by atoms with E-state index in [1.807, 2.05) is 12.1 Å². The first-order valence-corrected chi connectivity index (χ1v) is 19.1. The van der Waals surface area contributed by atoms with Crippen molar-refractivity contribution in [3.8, 4) is 5.75 Å². The fraction of sp³-hybridized carbons (Fsp3) is 0.684. The van der Waals surface area contributed by atoms with Crippen molar-refractivity contribution in [2.24, 2.45) is 17.3 Å². The molecule has 9 atom stereocenters. The Bertz CT molecular complexity index is 1770. The number of phenolic OH excluding ortho intramolecular Hbond substituents is 1. The van der Waals surface area contributed by atoms with Crippen molar-refractivity contribution in [3.63, 3.8) is 0 Å². The second-order valence-electron chi connectivity index (χ2n) is 16.4. The summed E-state index contributed by atoms with van der Waals surface area (Å²) in [6, 6.07) is 5.12. The molecule has 53 heavy (non-hydrogen) atoms. The summed E-state index contributed by atoms with van der Waals surface area (Å²) in [6.07, 6.45) is 4.80. The lowest BCUT2D eigenvalue weighted by atomic mass is 9.53. The molecule has 15 heteroatoms. The molecule has 8 rings (SSSR count). The molecule has 3 aliphatic carbocycles. The van der Waals surface area contributed by atoms with Crippen LogP contribution < -0.4 is 5.32 Å². The van der Waals surface area contributed by atoms with Crippen molar-refractivity contribution in [1.82, 2.24) is 29.9 Å². The lowest BCUT2D eigenvalue weighted by Crippen LogP contribution is -2.52. The smallest absolute Gasteiger partial charge is 0.434 e. The van der Waals surface area contributed by atoms with E-state index in [0.717, 1.165) is 90.0 Å². The molecule has 0 amide bonds. The lowest BCUT2D eigenvalue weighted by molar-refractivity contribution is -0.144. The van der Waals surface area contributed by atoms with Gasteiger partial charge in [-0.15, -0.1) is 5.10 Å². The molecule has 1 aromatic carbocycles. The number of hydrogen-bond acceptors (Lipinski definition) is 11. The van der Waals surface area contributed by atoms with Crippen LogP contribution in [0.3, 0.4) is 0 Å². The van der Waals surface area contributed by atoms with E-state index in [-0.39, 0.29) is 23.9 Å². The Morgan fingerprint density at radius 2 is 1.85 bits per heavy atom. The number of hydrogen-bond donors (Lipinski definition) is 5. The molecule has 4 fully saturated rings. The zero-order chi connectivity index (χ0) is 37.1. The van der Waals surface area contributed by atoms with Gasteiger partial charge in [-0.2, -0.15) is 13.2 Å². The molecule has 0 spiro atoms. The number of aromatic nitrogens is 5. The van der Waals surface area contributed by atoms with Crippen molar-refractivity contribution in [1.29, 1.82) is 0 Å². The van der Waals surface area contributed by atoms with Gasteiger partial charge in [0.1, 0.15) is 35.6 Å². The van der Waals surface area contributed by atoms with E-state index in [1.54, 1.807) is 10.9 Å². The first kappa shape index (κ1) is 36.6. The number of alkyl halides is 3. The molecule has 12 nitrogen and oxygen atoms in total. The highest BCUT2D eigenvalue weighted by Crippen LogP contribution is 2.65. The number of piperidine rings is 1. The molecular formula is C38H50F3N7O5. The minimum absolute atomic E-state index is 0.0687. The van der Waals surface area contributed by atoms with Gasteiger partial charge in [-0.1, -0.05) is 18.2 Å². The highest BCUT2D eigenvalue weighted by Gasteiger charge is 2.61. The van der Waals surface area contributed by atoms with E-state index in [1.165, 1.54) is 11.1 Å². The van der Waals surface area contributed by atoms with Crippen LogP contribution in [0.25, 0.3) is 0 Å². The largest absolute Gasteiger partial charge is 0.508 e.